The van der Waals surface area contributed by atoms with Gasteiger partial charge in [0.2, 0.25) is 0 Å². The molecule has 9 nitrogen and oxygen atoms in total. The summed E-state index contributed by atoms with van der Waals surface area (Å²) in [6.07, 6.45) is 2.86. The largest absolute Gasteiger partial charge is 0.496 e. The van der Waals surface area contributed by atoms with Gasteiger partial charge in [0.25, 0.3) is 5.91 Å². The van der Waals surface area contributed by atoms with Crippen molar-refractivity contribution >= 4 is 23.9 Å². The van der Waals surface area contributed by atoms with E-state index in [1.165, 1.54) is 34.5 Å². The minimum absolute atomic E-state index is 0.242. The number of hydrogen-bond acceptors (Lipinski definition) is 8. The summed E-state index contributed by atoms with van der Waals surface area (Å²) in [6, 6.07) is 11.5. The van der Waals surface area contributed by atoms with Gasteiger partial charge in [0.1, 0.15) is 11.8 Å². The third-order valence-corrected chi connectivity index (χ3v) is 4.58. The molecule has 1 N–H and O–H groups in total. The van der Waals surface area contributed by atoms with E-state index in [0.29, 0.717) is 22.8 Å². The summed E-state index contributed by atoms with van der Waals surface area (Å²) in [4.78, 5) is 36.3. The van der Waals surface area contributed by atoms with Crippen LogP contribution in [-0.2, 0) is 30.3 Å². The predicted octanol–water partition coefficient (Wildman–Crippen LogP) is 2.17. The Labute approximate surface area is 192 Å². The van der Waals surface area contributed by atoms with E-state index < -0.39 is 30.5 Å². The molecule has 0 bridgehead atoms. The third-order valence-electron chi connectivity index (χ3n) is 4.58. The first-order valence-electron chi connectivity index (χ1n) is 9.97. The highest BCUT2D eigenvalue weighted by atomic mass is 16.5. The third kappa shape index (κ3) is 7.57. The molecule has 2 aromatic rings. The zero-order chi connectivity index (χ0) is 24.2. The number of amides is 1. The second-order valence-corrected chi connectivity index (χ2v) is 6.72. The van der Waals surface area contributed by atoms with Crippen LogP contribution in [0.4, 0.5) is 0 Å². The van der Waals surface area contributed by atoms with Crippen LogP contribution >= 0.6 is 0 Å². The van der Waals surface area contributed by atoms with E-state index in [9.17, 15) is 14.4 Å². The van der Waals surface area contributed by atoms with Crippen molar-refractivity contribution in [2.75, 3.05) is 35.0 Å². The van der Waals surface area contributed by atoms with Gasteiger partial charge >= 0.3 is 11.9 Å². The van der Waals surface area contributed by atoms with E-state index in [1.54, 1.807) is 12.1 Å². The first-order chi connectivity index (χ1) is 15.9. The van der Waals surface area contributed by atoms with Crippen LogP contribution in [0.3, 0.4) is 0 Å². The highest BCUT2D eigenvalue weighted by Crippen LogP contribution is 2.35. The molecule has 9 heteroatoms. The Balaban J connectivity index is 1.97. The van der Waals surface area contributed by atoms with E-state index in [1.807, 2.05) is 30.3 Å². The Bertz CT molecular complexity index is 987. The summed E-state index contributed by atoms with van der Waals surface area (Å²) in [6.45, 7) is -0.561. The number of rotatable bonds is 11. The standard InChI is InChI=1S/C24H27NO8/c1-29-19-14-21(31-3)20(30-2)13-17(19)10-11-23(27)33-15-22(26)25-18(24(28)32-4)12-16-8-6-5-7-9-16/h5-11,13-14,18H,12,15H2,1-4H3,(H,25,26)/b11-10+. The van der Waals surface area contributed by atoms with Crippen molar-refractivity contribution in [3.05, 3.63) is 59.7 Å². The van der Waals surface area contributed by atoms with Crippen LogP contribution in [0.15, 0.2) is 48.5 Å². The molecule has 1 amide bonds. The van der Waals surface area contributed by atoms with Gasteiger partial charge in [-0.05, 0) is 17.7 Å². The van der Waals surface area contributed by atoms with Crippen LogP contribution < -0.4 is 19.5 Å². The van der Waals surface area contributed by atoms with E-state index in [-0.39, 0.29) is 6.42 Å². The van der Waals surface area contributed by atoms with Gasteiger partial charge in [-0.15, -0.1) is 0 Å². The number of carbonyl (C=O) groups excluding carboxylic acids is 3. The lowest BCUT2D eigenvalue weighted by molar-refractivity contribution is -0.147. The summed E-state index contributed by atoms with van der Waals surface area (Å²) in [5.74, 6) is -0.596. The SMILES string of the molecule is COC(=O)C(Cc1ccccc1)NC(=O)COC(=O)/C=C/c1cc(OC)c(OC)cc1OC. The lowest BCUT2D eigenvalue weighted by Crippen LogP contribution is -2.44. The summed E-state index contributed by atoms with van der Waals surface area (Å²) < 4.78 is 25.5. The Hall–Kier alpha value is -4.01. The number of hydrogen-bond donors (Lipinski definition) is 1. The smallest absolute Gasteiger partial charge is 0.331 e. The zero-order valence-electron chi connectivity index (χ0n) is 19.0. The molecule has 1 atom stereocenters. The van der Waals surface area contributed by atoms with Crippen molar-refractivity contribution in [2.24, 2.45) is 0 Å². The average Bonchev–Trinajstić information content (AvgIpc) is 2.85. The maximum atomic E-state index is 12.2. The summed E-state index contributed by atoms with van der Waals surface area (Å²) in [7, 11) is 5.71. The van der Waals surface area contributed by atoms with Gasteiger partial charge < -0.3 is 29.0 Å². The van der Waals surface area contributed by atoms with Gasteiger partial charge in [-0.1, -0.05) is 30.3 Å². The van der Waals surface area contributed by atoms with Crippen LogP contribution in [0.25, 0.3) is 6.08 Å². The fraction of sp³-hybridized carbons (Fsp3) is 0.292. The molecule has 0 heterocycles. The Morgan fingerprint density at radius 2 is 1.55 bits per heavy atom. The lowest BCUT2D eigenvalue weighted by Gasteiger charge is -2.16. The van der Waals surface area contributed by atoms with Gasteiger partial charge in [0, 0.05) is 24.1 Å². The van der Waals surface area contributed by atoms with E-state index in [2.05, 4.69) is 5.32 Å². The molecule has 33 heavy (non-hydrogen) atoms. The fourth-order valence-electron chi connectivity index (χ4n) is 2.95. The topological polar surface area (TPSA) is 109 Å². The molecule has 0 saturated carbocycles. The van der Waals surface area contributed by atoms with E-state index in [4.69, 9.17) is 23.7 Å². The van der Waals surface area contributed by atoms with Gasteiger partial charge in [-0.25, -0.2) is 9.59 Å². The Morgan fingerprint density at radius 1 is 0.909 bits per heavy atom. The summed E-state index contributed by atoms with van der Waals surface area (Å²) >= 11 is 0. The molecule has 0 saturated heterocycles. The van der Waals surface area contributed by atoms with E-state index in [0.717, 1.165) is 11.6 Å². The number of nitrogens with one attached hydrogen (secondary N) is 1. The van der Waals surface area contributed by atoms with Crippen molar-refractivity contribution in [2.45, 2.75) is 12.5 Å². The van der Waals surface area contributed by atoms with Crippen LogP contribution in [0.5, 0.6) is 17.2 Å². The second kappa shape index (κ2) is 12.7. The maximum absolute atomic E-state index is 12.2. The fourth-order valence-corrected chi connectivity index (χ4v) is 2.95. The molecule has 0 spiro atoms. The minimum Gasteiger partial charge on any atom is -0.496 e. The van der Waals surface area contributed by atoms with Crippen LogP contribution in [0, 0.1) is 0 Å². The molecule has 2 rings (SSSR count). The van der Waals surface area contributed by atoms with Gasteiger partial charge in [0.15, 0.2) is 18.1 Å². The molecule has 0 aromatic heterocycles. The first kappa shape index (κ1) is 25.3. The van der Waals surface area contributed by atoms with Crippen molar-refractivity contribution in [1.29, 1.82) is 0 Å². The van der Waals surface area contributed by atoms with Gasteiger partial charge in [-0.2, -0.15) is 0 Å². The quantitative estimate of drug-likeness (QED) is 0.404. The lowest BCUT2D eigenvalue weighted by atomic mass is 10.1. The summed E-state index contributed by atoms with van der Waals surface area (Å²) in [5, 5.41) is 2.53. The maximum Gasteiger partial charge on any atom is 0.331 e. The van der Waals surface area contributed by atoms with E-state index >= 15 is 0 Å². The number of ether oxygens (including phenoxy) is 5. The monoisotopic (exact) mass is 457 g/mol. The molecule has 0 aliphatic heterocycles. The van der Waals surface area contributed by atoms with Crippen LogP contribution in [-0.4, -0.2) is 58.9 Å². The van der Waals surface area contributed by atoms with Crippen LogP contribution in [0.2, 0.25) is 0 Å². The van der Waals surface area contributed by atoms with Crippen molar-refractivity contribution in [3.8, 4) is 17.2 Å². The highest BCUT2D eigenvalue weighted by molar-refractivity contribution is 5.91. The highest BCUT2D eigenvalue weighted by Gasteiger charge is 2.22. The Morgan fingerprint density at radius 3 is 2.15 bits per heavy atom. The van der Waals surface area contributed by atoms with Crippen molar-refractivity contribution < 1.29 is 38.1 Å². The number of carbonyl (C=O) groups is 3. The predicted molar refractivity (Wildman–Crippen MR) is 120 cm³/mol. The second-order valence-electron chi connectivity index (χ2n) is 6.72. The average molecular weight is 457 g/mol. The molecule has 0 fully saturated rings. The first-order valence-corrected chi connectivity index (χ1v) is 9.97. The molecule has 0 aliphatic rings. The van der Waals surface area contributed by atoms with Gasteiger partial charge in [0.05, 0.1) is 28.4 Å². The molecule has 0 aliphatic carbocycles. The van der Waals surface area contributed by atoms with Gasteiger partial charge in [-0.3, -0.25) is 4.79 Å². The summed E-state index contributed by atoms with van der Waals surface area (Å²) in [5.41, 5.74) is 1.39. The number of methoxy groups -OCH3 is 4. The number of benzene rings is 2. The molecular formula is C24H27NO8. The zero-order valence-corrected chi connectivity index (χ0v) is 19.0. The van der Waals surface area contributed by atoms with Crippen molar-refractivity contribution in [1.82, 2.24) is 5.32 Å². The molecule has 1 unspecified atom stereocenters. The minimum atomic E-state index is -0.907. The number of esters is 2. The molecule has 2 aromatic carbocycles. The van der Waals surface area contributed by atoms with Crippen molar-refractivity contribution in [3.63, 3.8) is 0 Å². The molecule has 0 radical (unpaired) electrons. The molecule has 176 valence electrons. The molecular weight excluding hydrogens is 430 g/mol. The van der Waals surface area contributed by atoms with Crippen LogP contribution in [0.1, 0.15) is 11.1 Å². The normalized spacial score (nSPS) is 11.4. The Kier molecular flexibility index (Phi) is 9.76.